The van der Waals surface area contributed by atoms with E-state index in [0.29, 0.717) is 30.9 Å². The Labute approximate surface area is 174 Å². The van der Waals surface area contributed by atoms with Gasteiger partial charge < -0.3 is 15.0 Å². The number of aryl methyl sites for hydroxylation is 1. The Hall–Kier alpha value is -3.26. The number of carbonyl (C=O) groups excluding carboxylic acids is 3. The average molecular weight is 408 g/mol. The molecule has 8 nitrogen and oxygen atoms in total. The third-order valence-electron chi connectivity index (χ3n) is 5.32. The van der Waals surface area contributed by atoms with E-state index in [4.69, 9.17) is 4.74 Å². The number of carbonyl (C=O) groups is 3. The van der Waals surface area contributed by atoms with Crippen molar-refractivity contribution in [3.05, 3.63) is 58.8 Å². The smallest absolute Gasteiger partial charge is 0.261 e. The van der Waals surface area contributed by atoms with Gasteiger partial charge in [0.25, 0.3) is 11.8 Å². The minimum atomic E-state index is -0.342. The molecule has 0 radical (unpaired) electrons. The Bertz CT molecular complexity index is 968. The van der Waals surface area contributed by atoms with Crippen molar-refractivity contribution < 1.29 is 19.1 Å². The molecule has 0 unspecified atom stereocenters. The molecule has 3 amide bonds. The zero-order valence-electron chi connectivity index (χ0n) is 16.9. The molecule has 1 fully saturated rings. The van der Waals surface area contributed by atoms with Gasteiger partial charge >= 0.3 is 0 Å². The van der Waals surface area contributed by atoms with Crippen LogP contribution < -0.4 is 10.2 Å². The molecule has 1 aromatic carbocycles. The normalized spacial score (nSPS) is 16.0. The largest absolute Gasteiger partial charge is 0.378 e. The van der Waals surface area contributed by atoms with Crippen LogP contribution in [0.2, 0.25) is 0 Å². The molecule has 1 saturated heterocycles. The minimum absolute atomic E-state index is 0.0593. The van der Waals surface area contributed by atoms with E-state index in [1.807, 2.05) is 19.1 Å². The number of pyridine rings is 1. The van der Waals surface area contributed by atoms with E-state index in [1.165, 1.54) is 0 Å². The van der Waals surface area contributed by atoms with E-state index in [9.17, 15) is 14.4 Å². The lowest BCUT2D eigenvalue weighted by atomic mass is 10.1. The highest BCUT2D eigenvalue weighted by molar-refractivity contribution is 6.21. The molecule has 3 heterocycles. The molecular weight excluding hydrogens is 384 g/mol. The molecule has 8 heteroatoms. The summed E-state index contributed by atoms with van der Waals surface area (Å²) in [6.07, 6.45) is 1.81. The summed E-state index contributed by atoms with van der Waals surface area (Å²) >= 11 is 0. The second-order valence-corrected chi connectivity index (χ2v) is 7.46. The van der Waals surface area contributed by atoms with Crippen LogP contribution >= 0.6 is 0 Å². The lowest BCUT2D eigenvalue weighted by Crippen LogP contribution is -2.36. The lowest BCUT2D eigenvalue weighted by Gasteiger charge is -2.27. The van der Waals surface area contributed by atoms with Crippen LogP contribution in [0.25, 0.3) is 0 Å². The zero-order chi connectivity index (χ0) is 21.1. The maximum Gasteiger partial charge on any atom is 0.261 e. The standard InChI is InChI=1S/C22H24N4O4/c1-15-2-4-17-18(12-15)22(29)26(21(17)28)7-6-20(27)24-14-16-3-5-19(23-13-16)25-8-10-30-11-9-25/h2-5,12-13H,6-11,14H2,1H3,(H,24,27). The van der Waals surface area contributed by atoms with Gasteiger partial charge in [0.05, 0.1) is 24.3 Å². The summed E-state index contributed by atoms with van der Waals surface area (Å²) in [4.78, 5) is 44.9. The van der Waals surface area contributed by atoms with Gasteiger partial charge in [-0.05, 0) is 30.7 Å². The van der Waals surface area contributed by atoms with E-state index in [-0.39, 0.29) is 30.7 Å². The number of nitrogens with one attached hydrogen (secondary N) is 1. The van der Waals surface area contributed by atoms with E-state index >= 15 is 0 Å². The molecule has 0 spiro atoms. The molecule has 2 aliphatic rings. The second-order valence-electron chi connectivity index (χ2n) is 7.46. The molecule has 0 saturated carbocycles. The van der Waals surface area contributed by atoms with Gasteiger partial charge in [-0.1, -0.05) is 17.7 Å². The predicted octanol–water partition coefficient (Wildman–Crippen LogP) is 1.53. The Morgan fingerprint density at radius 3 is 2.60 bits per heavy atom. The Kier molecular flexibility index (Phi) is 5.76. The Balaban J connectivity index is 1.26. The number of ether oxygens (including phenoxy) is 1. The highest BCUT2D eigenvalue weighted by Gasteiger charge is 2.35. The van der Waals surface area contributed by atoms with Crippen LogP contribution in [0, 0.1) is 6.92 Å². The number of hydrogen-bond acceptors (Lipinski definition) is 6. The molecule has 2 aliphatic heterocycles. The van der Waals surface area contributed by atoms with Crippen LogP contribution in [0.3, 0.4) is 0 Å². The lowest BCUT2D eigenvalue weighted by molar-refractivity contribution is -0.121. The summed E-state index contributed by atoms with van der Waals surface area (Å²) in [6, 6.07) is 9.05. The van der Waals surface area contributed by atoms with Gasteiger partial charge in [-0.3, -0.25) is 19.3 Å². The molecule has 0 aliphatic carbocycles. The Morgan fingerprint density at radius 1 is 1.10 bits per heavy atom. The van der Waals surface area contributed by atoms with Gasteiger partial charge in [-0.15, -0.1) is 0 Å². The van der Waals surface area contributed by atoms with Crippen molar-refractivity contribution in [2.24, 2.45) is 0 Å². The average Bonchev–Trinajstić information content (AvgIpc) is 3.01. The molecule has 0 atom stereocenters. The van der Waals surface area contributed by atoms with Crippen molar-refractivity contribution >= 4 is 23.5 Å². The van der Waals surface area contributed by atoms with Gasteiger partial charge in [0.2, 0.25) is 5.91 Å². The third kappa shape index (κ3) is 4.18. The topological polar surface area (TPSA) is 91.8 Å². The summed E-state index contributed by atoms with van der Waals surface area (Å²) in [7, 11) is 0. The highest BCUT2D eigenvalue weighted by Crippen LogP contribution is 2.24. The number of anilines is 1. The summed E-state index contributed by atoms with van der Waals surface area (Å²) < 4.78 is 5.34. The first-order valence-electron chi connectivity index (χ1n) is 10.0. The molecule has 30 heavy (non-hydrogen) atoms. The maximum absolute atomic E-state index is 12.5. The number of morpholine rings is 1. The molecule has 156 valence electrons. The minimum Gasteiger partial charge on any atom is -0.378 e. The number of nitrogens with zero attached hydrogens (tertiary/aromatic N) is 3. The van der Waals surface area contributed by atoms with Crippen molar-refractivity contribution in [1.29, 1.82) is 0 Å². The van der Waals surface area contributed by atoms with Crippen molar-refractivity contribution in [1.82, 2.24) is 15.2 Å². The summed E-state index contributed by atoms with van der Waals surface area (Å²) in [6.45, 7) is 5.32. The van der Waals surface area contributed by atoms with E-state index in [1.54, 1.807) is 24.4 Å². The fraction of sp³-hybridized carbons (Fsp3) is 0.364. The van der Waals surface area contributed by atoms with Crippen molar-refractivity contribution in [3.63, 3.8) is 0 Å². The second kappa shape index (κ2) is 8.62. The van der Waals surface area contributed by atoms with Gasteiger partial charge in [0.1, 0.15) is 5.82 Å². The highest BCUT2D eigenvalue weighted by atomic mass is 16.5. The van der Waals surface area contributed by atoms with Gasteiger partial charge in [-0.25, -0.2) is 4.98 Å². The van der Waals surface area contributed by atoms with Crippen molar-refractivity contribution in [3.8, 4) is 0 Å². The molecule has 4 rings (SSSR count). The van der Waals surface area contributed by atoms with Crippen LogP contribution in [0.15, 0.2) is 36.5 Å². The van der Waals surface area contributed by atoms with Gasteiger partial charge in [0, 0.05) is 38.8 Å². The molecule has 0 bridgehead atoms. The fourth-order valence-corrected chi connectivity index (χ4v) is 3.61. The summed E-state index contributed by atoms with van der Waals surface area (Å²) in [5.41, 5.74) is 2.61. The maximum atomic E-state index is 12.5. The van der Waals surface area contributed by atoms with Crippen LogP contribution in [0.1, 0.15) is 38.3 Å². The van der Waals surface area contributed by atoms with Crippen molar-refractivity contribution in [2.75, 3.05) is 37.7 Å². The predicted molar refractivity (Wildman–Crippen MR) is 110 cm³/mol. The molecular formula is C22H24N4O4. The number of imide groups is 1. The zero-order valence-corrected chi connectivity index (χ0v) is 16.9. The fourth-order valence-electron chi connectivity index (χ4n) is 3.61. The first-order valence-corrected chi connectivity index (χ1v) is 10.0. The van der Waals surface area contributed by atoms with Gasteiger partial charge in [0.15, 0.2) is 0 Å². The molecule has 1 aromatic heterocycles. The quantitative estimate of drug-likeness (QED) is 0.729. The van der Waals surface area contributed by atoms with Crippen LogP contribution in [-0.4, -0.2) is 60.5 Å². The number of rotatable bonds is 6. The molecule has 1 N–H and O–H groups in total. The number of fused-ring (bicyclic) bond motifs is 1. The SMILES string of the molecule is Cc1ccc2c(c1)C(=O)N(CCC(=O)NCc1ccc(N3CCOCC3)nc1)C2=O. The van der Waals surface area contributed by atoms with Crippen LogP contribution in [-0.2, 0) is 16.1 Å². The number of hydrogen-bond donors (Lipinski definition) is 1. The Morgan fingerprint density at radius 2 is 1.87 bits per heavy atom. The molecule has 2 aromatic rings. The summed E-state index contributed by atoms with van der Waals surface area (Å²) in [5, 5.41) is 2.82. The van der Waals surface area contributed by atoms with Crippen molar-refractivity contribution in [2.45, 2.75) is 19.9 Å². The first-order chi connectivity index (χ1) is 14.5. The van der Waals surface area contributed by atoms with E-state index in [2.05, 4.69) is 15.2 Å². The summed E-state index contributed by atoms with van der Waals surface area (Å²) in [5.74, 6) is -0.00525. The van der Waals surface area contributed by atoms with E-state index < -0.39 is 0 Å². The van der Waals surface area contributed by atoms with Crippen LogP contribution in [0.5, 0.6) is 0 Å². The monoisotopic (exact) mass is 408 g/mol. The van der Waals surface area contributed by atoms with E-state index in [0.717, 1.165) is 34.9 Å². The third-order valence-corrected chi connectivity index (χ3v) is 5.32. The van der Waals surface area contributed by atoms with Gasteiger partial charge in [-0.2, -0.15) is 0 Å². The first kappa shape index (κ1) is 20.0. The van der Waals surface area contributed by atoms with Crippen LogP contribution in [0.4, 0.5) is 5.82 Å². The number of amides is 3. The number of aromatic nitrogens is 1. The number of benzene rings is 1.